The maximum absolute atomic E-state index is 6.73. The van der Waals surface area contributed by atoms with Gasteiger partial charge in [-0.3, -0.25) is 9.97 Å². The van der Waals surface area contributed by atoms with Gasteiger partial charge in [-0.1, -0.05) is 37.3 Å². The molecule has 4 rings (SSSR count). The van der Waals surface area contributed by atoms with E-state index in [0.717, 1.165) is 34.3 Å². The highest BCUT2D eigenvalue weighted by Crippen LogP contribution is 2.27. The normalized spacial score (nSPS) is 13.2. The van der Waals surface area contributed by atoms with E-state index in [-0.39, 0.29) is 0 Å². The fraction of sp³-hybridized carbons (Fsp3) is 0.182. The summed E-state index contributed by atoms with van der Waals surface area (Å²) >= 11 is 0. The molecule has 0 fully saturated rings. The van der Waals surface area contributed by atoms with E-state index >= 15 is 0 Å². The highest BCUT2D eigenvalue weighted by Gasteiger charge is 2.25. The van der Waals surface area contributed by atoms with Gasteiger partial charge in [-0.25, -0.2) is 9.97 Å². The minimum Gasteiger partial charge on any atom is -0.367 e. The SMILES string of the molecule is CC[C@@](N)(CNc1nc(-c2ccncc2)nc2cnccc12)c1ccccc1. The van der Waals surface area contributed by atoms with Gasteiger partial charge in [0, 0.05) is 36.1 Å². The summed E-state index contributed by atoms with van der Waals surface area (Å²) < 4.78 is 0. The summed E-state index contributed by atoms with van der Waals surface area (Å²) in [5.41, 5.74) is 9.02. The van der Waals surface area contributed by atoms with Gasteiger partial charge in [0.15, 0.2) is 5.82 Å². The number of hydrogen-bond donors (Lipinski definition) is 2. The van der Waals surface area contributed by atoms with E-state index in [1.165, 1.54) is 0 Å². The van der Waals surface area contributed by atoms with Gasteiger partial charge in [-0.15, -0.1) is 0 Å². The molecule has 0 saturated heterocycles. The molecule has 6 heteroatoms. The zero-order valence-electron chi connectivity index (χ0n) is 15.7. The smallest absolute Gasteiger partial charge is 0.162 e. The third-order valence-electron chi connectivity index (χ3n) is 4.99. The second-order valence-corrected chi connectivity index (χ2v) is 6.75. The lowest BCUT2D eigenvalue weighted by Crippen LogP contribution is -2.42. The van der Waals surface area contributed by atoms with Gasteiger partial charge >= 0.3 is 0 Å². The molecule has 0 amide bonds. The Hall–Kier alpha value is -3.38. The van der Waals surface area contributed by atoms with Gasteiger partial charge in [-0.05, 0) is 30.2 Å². The monoisotopic (exact) mass is 370 g/mol. The Morgan fingerprint density at radius 2 is 1.68 bits per heavy atom. The second-order valence-electron chi connectivity index (χ2n) is 6.75. The van der Waals surface area contributed by atoms with Gasteiger partial charge in [-0.2, -0.15) is 0 Å². The Morgan fingerprint density at radius 3 is 2.43 bits per heavy atom. The van der Waals surface area contributed by atoms with Crippen LogP contribution >= 0.6 is 0 Å². The van der Waals surface area contributed by atoms with Crippen molar-refractivity contribution in [1.82, 2.24) is 19.9 Å². The molecule has 6 nitrogen and oxygen atoms in total. The van der Waals surface area contributed by atoms with Crippen molar-refractivity contribution in [2.45, 2.75) is 18.9 Å². The lowest BCUT2D eigenvalue weighted by molar-refractivity contribution is 0.453. The quantitative estimate of drug-likeness (QED) is 0.537. The van der Waals surface area contributed by atoms with Crippen LogP contribution in [0.3, 0.4) is 0 Å². The van der Waals surface area contributed by atoms with Gasteiger partial charge < -0.3 is 11.1 Å². The number of nitrogens with two attached hydrogens (primary N) is 1. The molecule has 0 aliphatic rings. The largest absolute Gasteiger partial charge is 0.367 e. The number of nitrogens with zero attached hydrogens (tertiary/aromatic N) is 4. The van der Waals surface area contributed by atoms with Crippen LogP contribution in [0.4, 0.5) is 5.82 Å². The number of anilines is 1. The highest BCUT2D eigenvalue weighted by atomic mass is 15.1. The van der Waals surface area contributed by atoms with E-state index in [1.54, 1.807) is 24.8 Å². The molecule has 0 aliphatic carbocycles. The first-order valence-corrected chi connectivity index (χ1v) is 9.30. The summed E-state index contributed by atoms with van der Waals surface area (Å²) in [7, 11) is 0. The van der Waals surface area contributed by atoms with E-state index in [2.05, 4.69) is 39.3 Å². The number of aromatic nitrogens is 4. The summed E-state index contributed by atoms with van der Waals surface area (Å²) in [5.74, 6) is 1.38. The first kappa shape index (κ1) is 18.0. The molecule has 3 aromatic heterocycles. The van der Waals surface area contributed by atoms with Crippen LogP contribution in [0.1, 0.15) is 18.9 Å². The summed E-state index contributed by atoms with van der Waals surface area (Å²) in [6.07, 6.45) is 7.76. The molecule has 28 heavy (non-hydrogen) atoms. The van der Waals surface area contributed by atoms with Crippen molar-refractivity contribution in [3.8, 4) is 11.4 Å². The number of pyridine rings is 2. The standard InChI is InChI=1S/C22H22N6/c1-2-22(23,17-6-4-3-5-7-17)15-26-21-18-10-13-25-14-19(18)27-20(28-21)16-8-11-24-12-9-16/h3-14H,2,15,23H2,1H3,(H,26,27,28)/t22-/m1/s1. The fourth-order valence-electron chi connectivity index (χ4n) is 3.19. The lowest BCUT2D eigenvalue weighted by Gasteiger charge is -2.29. The van der Waals surface area contributed by atoms with E-state index in [9.17, 15) is 0 Å². The van der Waals surface area contributed by atoms with Gasteiger partial charge in [0.05, 0.1) is 17.3 Å². The Bertz CT molecular complexity index is 1070. The van der Waals surface area contributed by atoms with Crippen molar-refractivity contribution in [3.63, 3.8) is 0 Å². The van der Waals surface area contributed by atoms with Crippen LogP contribution in [0.25, 0.3) is 22.3 Å². The summed E-state index contributed by atoms with van der Waals surface area (Å²) in [4.78, 5) is 17.7. The van der Waals surface area contributed by atoms with E-state index in [4.69, 9.17) is 10.7 Å². The van der Waals surface area contributed by atoms with Crippen LogP contribution < -0.4 is 11.1 Å². The Morgan fingerprint density at radius 1 is 0.929 bits per heavy atom. The number of hydrogen-bond acceptors (Lipinski definition) is 6. The van der Waals surface area contributed by atoms with Gasteiger partial charge in [0.1, 0.15) is 5.82 Å². The van der Waals surface area contributed by atoms with Crippen LogP contribution in [-0.2, 0) is 5.54 Å². The summed E-state index contributed by atoms with van der Waals surface area (Å²) in [6.45, 7) is 2.65. The average molecular weight is 370 g/mol. The molecule has 3 N–H and O–H groups in total. The van der Waals surface area contributed by atoms with Crippen LogP contribution in [0.5, 0.6) is 0 Å². The van der Waals surface area contributed by atoms with Gasteiger partial charge in [0.25, 0.3) is 0 Å². The van der Waals surface area contributed by atoms with Crippen LogP contribution in [-0.4, -0.2) is 26.5 Å². The van der Waals surface area contributed by atoms with Crippen molar-refractivity contribution >= 4 is 16.7 Å². The molecule has 1 atom stereocenters. The molecular formula is C22H22N6. The number of fused-ring (bicyclic) bond motifs is 1. The first-order valence-electron chi connectivity index (χ1n) is 9.30. The van der Waals surface area contributed by atoms with E-state index < -0.39 is 5.54 Å². The zero-order chi connectivity index (χ0) is 19.4. The van der Waals surface area contributed by atoms with E-state index in [1.807, 2.05) is 36.4 Å². The summed E-state index contributed by atoms with van der Waals surface area (Å²) in [6, 6.07) is 15.9. The molecule has 0 aliphatic heterocycles. The molecule has 0 radical (unpaired) electrons. The van der Waals surface area contributed by atoms with Crippen molar-refractivity contribution in [3.05, 3.63) is 78.9 Å². The first-order chi connectivity index (χ1) is 13.7. The second kappa shape index (κ2) is 7.70. The minimum atomic E-state index is -0.498. The summed E-state index contributed by atoms with van der Waals surface area (Å²) in [5, 5.41) is 4.38. The van der Waals surface area contributed by atoms with Crippen molar-refractivity contribution in [2.24, 2.45) is 5.73 Å². The lowest BCUT2D eigenvalue weighted by atomic mass is 9.88. The maximum atomic E-state index is 6.73. The number of nitrogens with one attached hydrogen (secondary N) is 1. The van der Waals surface area contributed by atoms with Crippen molar-refractivity contribution in [1.29, 1.82) is 0 Å². The minimum absolute atomic E-state index is 0.498. The van der Waals surface area contributed by atoms with Gasteiger partial charge in [0.2, 0.25) is 0 Å². The molecule has 0 spiro atoms. The van der Waals surface area contributed by atoms with Crippen molar-refractivity contribution < 1.29 is 0 Å². The zero-order valence-corrected chi connectivity index (χ0v) is 15.7. The maximum Gasteiger partial charge on any atom is 0.162 e. The Balaban J connectivity index is 1.72. The fourth-order valence-corrected chi connectivity index (χ4v) is 3.19. The van der Waals surface area contributed by atoms with Crippen LogP contribution in [0.2, 0.25) is 0 Å². The molecule has 0 bridgehead atoms. The van der Waals surface area contributed by atoms with E-state index in [0.29, 0.717) is 12.4 Å². The molecule has 0 saturated carbocycles. The van der Waals surface area contributed by atoms with Crippen LogP contribution in [0.15, 0.2) is 73.3 Å². The molecule has 0 unspecified atom stereocenters. The third-order valence-corrected chi connectivity index (χ3v) is 4.99. The Labute approximate surface area is 163 Å². The molecular weight excluding hydrogens is 348 g/mol. The molecule has 1 aromatic carbocycles. The third kappa shape index (κ3) is 3.54. The predicted molar refractivity (Wildman–Crippen MR) is 112 cm³/mol. The average Bonchev–Trinajstić information content (AvgIpc) is 2.78. The topological polar surface area (TPSA) is 89.6 Å². The Kier molecular flexibility index (Phi) is 4.95. The number of rotatable bonds is 6. The predicted octanol–water partition coefficient (Wildman–Crippen LogP) is 3.76. The number of benzene rings is 1. The molecule has 140 valence electrons. The molecule has 4 aromatic rings. The van der Waals surface area contributed by atoms with Crippen LogP contribution in [0, 0.1) is 0 Å². The molecule has 3 heterocycles. The highest BCUT2D eigenvalue weighted by molar-refractivity contribution is 5.89. The van der Waals surface area contributed by atoms with Crippen molar-refractivity contribution in [2.75, 3.05) is 11.9 Å².